The number of hydrogen-bond donors (Lipinski definition) is 0. The fourth-order valence-electron chi connectivity index (χ4n) is 1.13. The molecule has 6 nitrogen and oxygen atoms in total. The van der Waals surface area contributed by atoms with Crippen molar-refractivity contribution in [2.24, 2.45) is 3.77 Å². The fourth-order valence-corrected chi connectivity index (χ4v) is 4.11. The first-order chi connectivity index (χ1) is 8.19. The molecule has 0 saturated heterocycles. The molecular weight excluding hydrogens is 276 g/mol. The molecular formula is C10H16N2O4S2. The first-order valence-electron chi connectivity index (χ1n) is 4.99. The summed E-state index contributed by atoms with van der Waals surface area (Å²) in [4.78, 5) is 0.312. The summed E-state index contributed by atoms with van der Waals surface area (Å²) in [5.41, 5.74) is 0. The predicted molar refractivity (Wildman–Crippen MR) is 70.4 cm³/mol. The Bertz CT molecular complexity index is 644. The highest BCUT2D eigenvalue weighted by atomic mass is 32.3. The Morgan fingerprint density at radius 1 is 1.22 bits per heavy atom. The normalized spacial score (nSPS) is 15.2. The highest BCUT2D eigenvalue weighted by Gasteiger charge is 2.17. The van der Waals surface area contributed by atoms with Gasteiger partial charge in [-0.15, -0.1) is 0 Å². The molecule has 1 atom stereocenters. The number of benzene rings is 1. The Labute approximate surface area is 108 Å². The SMILES string of the molecule is COc1cccc(S(C)(=O)=NS(=O)(=O)N(C)C)c1. The third-order valence-corrected chi connectivity index (χ3v) is 6.12. The lowest BCUT2D eigenvalue weighted by atomic mass is 10.3. The van der Waals surface area contributed by atoms with Gasteiger partial charge in [0.05, 0.1) is 21.7 Å². The molecule has 0 spiro atoms. The molecule has 0 N–H and O–H groups in total. The van der Waals surface area contributed by atoms with Crippen molar-refractivity contribution in [2.45, 2.75) is 4.90 Å². The first-order valence-corrected chi connectivity index (χ1v) is 8.31. The van der Waals surface area contributed by atoms with Crippen molar-refractivity contribution in [3.63, 3.8) is 0 Å². The van der Waals surface area contributed by atoms with Gasteiger partial charge in [0.1, 0.15) is 5.75 Å². The van der Waals surface area contributed by atoms with Crippen molar-refractivity contribution in [1.82, 2.24) is 4.31 Å². The van der Waals surface area contributed by atoms with E-state index in [2.05, 4.69) is 3.77 Å². The van der Waals surface area contributed by atoms with Gasteiger partial charge in [-0.25, -0.2) is 4.21 Å². The minimum atomic E-state index is -3.88. The Morgan fingerprint density at radius 2 is 1.83 bits per heavy atom. The van der Waals surface area contributed by atoms with E-state index in [9.17, 15) is 12.6 Å². The Morgan fingerprint density at radius 3 is 2.33 bits per heavy atom. The van der Waals surface area contributed by atoms with E-state index >= 15 is 0 Å². The van der Waals surface area contributed by atoms with Crippen molar-refractivity contribution < 1.29 is 17.4 Å². The third-order valence-electron chi connectivity index (χ3n) is 2.18. The molecule has 0 heterocycles. The Hall–Kier alpha value is -1.12. The minimum absolute atomic E-state index is 0.312. The van der Waals surface area contributed by atoms with Crippen LogP contribution in [0, 0.1) is 0 Å². The van der Waals surface area contributed by atoms with Crippen molar-refractivity contribution in [1.29, 1.82) is 0 Å². The lowest BCUT2D eigenvalue weighted by Gasteiger charge is -2.10. The lowest BCUT2D eigenvalue weighted by Crippen LogP contribution is -2.21. The highest BCUT2D eigenvalue weighted by molar-refractivity contribution is 8.02. The van der Waals surface area contributed by atoms with Crippen LogP contribution in [0.5, 0.6) is 5.75 Å². The molecule has 1 rings (SSSR count). The number of rotatable bonds is 4. The van der Waals surface area contributed by atoms with Crippen molar-refractivity contribution in [3.05, 3.63) is 24.3 Å². The maximum atomic E-state index is 12.3. The molecule has 102 valence electrons. The topological polar surface area (TPSA) is 76.0 Å². The van der Waals surface area contributed by atoms with Crippen LogP contribution in [0.15, 0.2) is 32.9 Å². The summed E-state index contributed by atoms with van der Waals surface area (Å²) >= 11 is 0. The monoisotopic (exact) mass is 292 g/mol. The number of nitrogens with zero attached hydrogens (tertiary/aromatic N) is 2. The zero-order valence-corrected chi connectivity index (χ0v) is 12.3. The van der Waals surface area contributed by atoms with Gasteiger partial charge in [0.25, 0.3) is 0 Å². The standard InChI is InChI=1S/C10H16N2O4S2/c1-12(2)18(14,15)11-17(4,13)10-7-5-6-9(8-10)16-3/h5-8H,1-4H3. The molecule has 0 saturated carbocycles. The molecule has 0 radical (unpaired) electrons. The van der Waals surface area contributed by atoms with E-state index in [1.54, 1.807) is 18.2 Å². The second-order valence-corrected chi connectivity index (χ2v) is 8.11. The number of ether oxygens (including phenoxy) is 1. The predicted octanol–water partition coefficient (Wildman–Crippen LogP) is 0.958. The smallest absolute Gasteiger partial charge is 0.329 e. The van der Waals surface area contributed by atoms with Gasteiger partial charge < -0.3 is 4.74 Å². The van der Waals surface area contributed by atoms with E-state index in [1.165, 1.54) is 33.5 Å². The van der Waals surface area contributed by atoms with Gasteiger partial charge in [-0.3, -0.25) is 0 Å². The summed E-state index contributed by atoms with van der Waals surface area (Å²) in [5.74, 6) is 0.500. The van der Waals surface area contributed by atoms with Gasteiger partial charge >= 0.3 is 10.2 Å². The van der Waals surface area contributed by atoms with Crippen LogP contribution in [-0.4, -0.2) is 44.4 Å². The van der Waals surface area contributed by atoms with Crippen LogP contribution in [0.1, 0.15) is 0 Å². The fraction of sp³-hybridized carbons (Fsp3) is 0.400. The summed E-state index contributed by atoms with van der Waals surface area (Å²) in [5, 5.41) is 0. The molecule has 1 aromatic carbocycles. The summed E-state index contributed by atoms with van der Waals surface area (Å²) < 4.78 is 45.0. The first kappa shape index (κ1) is 14.9. The van der Waals surface area contributed by atoms with Gasteiger partial charge in [0, 0.05) is 20.4 Å². The van der Waals surface area contributed by atoms with E-state index < -0.39 is 19.9 Å². The van der Waals surface area contributed by atoms with E-state index in [4.69, 9.17) is 4.74 Å². The van der Waals surface area contributed by atoms with Crippen LogP contribution in [0.25, 0.3) is 0 Å². The second kappa shape index (κ2) is 5.25. The van der Waals surface area contributed by atoms with Gasteiger partial charge in [0.2, 0.25) is 0 Å². The van der Waals surface area contributed by atoms with Gasteiger partial charge in [-0.2, -0.15) is 12.7 Å². The quantitative estimate of drug-likeness (QED) is 0.828. The summed E-state index contributed by atoms with van der Waals surface area (Å²) in [6.07, 6.45) is 1.28. The molecule has 0 aliphatic carbocycles. The van der Waals surface area contributed by atoms with Crippen LogP contribution in [0.3, 0.4) is 0 Å². The molecule has 8 heteroatoms. The minimum Gasteiger partial charge on any atom is -0.497 e. The zero-order chi connectivity index (χ0) is 14.0. The molecule has 1 unspecified atom stereocenters. The van der Waals surface area contributed by atoms with E-state index in [1.807, 2.05) is 0 Å². The molecule has 0 aliphatic heterocycles. The maximum Gasteiger partial charge on any atom is 0.329 e. The highest BCUT2D eigenvalue weighted by Crippen LogP contribution is 2.19. The van der Waals surface area contributed by atoms with Crippen LogP contribution >= 0.6 is 0 Å². The summed E-state index contributed by atoms with van der Waals surface area (Å²) in [7, 11) is -2.77. The van der Waals surface area contributed by atoms with Crippen LogP contribution < -0.4 is 4.74 Å². The van der Waals surface area contributed by atoms with E-state index in [-0.39, 0.29) is 0 Å². The maximum absolute atomic E-state index is 12.3. The second-order valence-electron chi connectivity index (χ2n) is 3.82. The molecule has 0 aliphatic rings. The molecule has 0 amide bonds. The average molecular weight is 292 g/mol. The van der Waals surface area contributed by atoms with Gasteiger partial charge in [0.15, 0.2) is 0 Å². The van der Waals surface area contributed by atoms with Crippen LogP contribution in [0.4, 0.5) is 0 Å². The average Bonchev–Trinajstić information content (AvgIpc) is 2.27. The molecule has 0 aromatic heterocycles. The van der Waals surface area contributed by atoms with Crippen molar-refractivity contribution >= 4 is 19.9 Å². The molecule has 0 bridgehead atoms. The zero-order valence-electron chi connectivity index (χ0n) is 10.7. The molecule has 18 heavy (non-hydrogen) atoms. The summed E-state index contributed by atoms with van der Waals surface area (Å²) in [6, 6.07) is 6.38. The van der Waals surface area contributed by atoms with E-state index in [0.29, 0.717) is 10.6 Å². The Kier molecular flexibility index (Phi) is 4.36. The Balaban J connectivity index is 3.38. The largest absolute Gasteiger partial charge is 0.497 e. The van der Waals surface area contributed by atoms with E-state index in [0.717, 1.165) is 4.31 Å². The van der Waals surface area contributed by atoms with Crippen LogP contribution in [0.2, 0.25) is 0 Å². The van der Waals surface area contributed by atoms with Gasteiger partial charge in [-0.05, 0) is 18.2 Å². The van der Waals surface area contributed by atoms with Crippen molar-refractivity contribution in [2.75, 3.05) is 27.5 Å². The summed E-state index contributed by atoms with van der Waals surface area (Å²) in [6.45, 7) is 0. The van der Waals surface area contributed by atoms with Crippen LogP contribution in [-0.2, 0) is 19.9 Å². The van der Waals surface area contributed by atoms with Crippen molar-refractivity contribution in [3.8, 4) is 5.75 Å². The molecule has 0 fully saturated rings. The number of methoxy groups -OCH3 is 1. The molecule has 1 aromatic rings. The number of hydrogen-bond acceptors (Lipinski definition) is 4. The third kappa shape index (κ3) is 3.44. The van der Waals surface area contributed by atoms with Gasteiger partial charge in [-0.1, -0.05) is 9.83 Å². The lowest BCUT2D eigenvalue weighted by molar-refractivity contribution is 0.413.